The normalized spacial score (nSPS) is 18.9. The average molecular weight is 335 g/mol. The summed E-state index contributed by atoms with van der Waals surface area (Å²) in [6.45, 7) is 6.64. The zero-order chi connectivity index (χ0) is 12.1. The van der Waals surface area contributed by atoms with Gasteiger partial charge < -0.3 is 5.32 Å². The van der Waals surface area contributed by atoms with E-state index in [1.54, 1.807) is 0 Å². The van der Waals surface area contributed by atoms with Crippen LogP contribution >= 0.6 is 28.3 Å². The number of halogens is 2. The Labute approximate surface area is 124 Å². The van der Waals surface area contributed by atoms with E-state index in [0.717, 1.165) is 36.3 Å². The van der Waals surface area contributed by atoms with Crippen LogP contribution in [0.25, 0.3) is 0 Å². The van der Waals surface area contributed by atoms with Crippen molar-refractivity contribution in [2.75, 3.05) is 19.6 Å². The van der Waals surface area contributed by atoms with Gasteiger partial charge in [-0.3, -0.25) is 9.88 Å². The van der Waals surface area contributed by atoms with Gasteiger partial charge in [-0.05, 0) is 54.0 Å². The highest BCUT2D eigenvalue weighted by Gasteiger charge is 2.21. The van der Waals surface area contributed by atoms with Crippen LogP contribution in [0.4, 0.5) is 0 Å². The maximum atomic E-state index is 4.46. The highest BCUT2D eigenvalue weighted by Crippen LogP contribution is 2.14. The van der Waals surface area contributed by atoms with Gasteiger partial charge in [-0.2, -0.15) is 0 Å². The summed E-state index contributed by atoms with van der Waals surface area (Å²) >= 11 is 3.42. The van der Waals surface area contributed by atoms with Crippen molar-refractivity contribution in [1.82, 2.24) is 15.2 Å². The molecule has 5 heteroatoms. The molecule has 1 aliphatic heterocycles. The van der Waals surface area contributed by atoms with Gasteiger partial charge in [0.1, 0.15) is 0 Å². The largest absolute Gasteiger partial charge is 0.315 e. The second-order valence-electron chi connectivity index (χ2n) is 4.58. The second-order valence-corrected chi connectivity index (χ2v) is 5.50. The Morgan fingerprint density at radius 3 is 2.89 bits per heavy atom. The van der Waals surface area contributed by atoms with Crippen LogP contribution < -0.4 is 5.32 Å². The molecule has 1 saturated heterocycles. The molecule has 1 unspecified atom stereocenters. The molecule has 1 aromatic heterocycles. The summed E-state index contributed by atoms with van der Waals surface area (Å²) in [6.07, 6.45) is 4.34. The summed E-state index contributed by atoms with van der Waals surface area (Å²) in [5.74, 6) is 0. The van der Waals surface area contributed by atoms with Crippen molar-refractivity contribution in [2.45, 2.75) is 32.4 Å². The molecule has 2 heterocycles. The first kappa shape index (κ1) is 15.9. The van der Waals surface area contributed by atoms with Gasteiger partial charge in [0.15, 0.2) is 0 Å². The standard InChI is InChI=1S/C13H20BrN3.ClH/c1-2-7-17(13-5-6-15-9-13)10-12-4-3-11(14)8-16-12;/h3-4,8,13,15H,2,5-7,9-10H2,1H3;1H. The van der Waals surface area contributed by atoms with Gasteiger partial charge in [0.05, 0.1) is 5.69 Å². The van der Waals surface area contributed by atoms with Gasteiger partial charge in [-0.1, -0.05) is 6.92 Å². The van der Waals surface area contributed by atoms with E-state index in [2.05, 4.69) is 50.2 Å². The van der Waals surface area contributed by atoms with E-state index in [4.69, 9.17) is 0 Å². The van der Waals surface area contributed by atoms with E-state index < -0.39 is 0 Å². The van der Waals surface area contributed by atoms with Crippen molar-refractivity contribution in [3.8, 4) is 0 Å². The summed E-state index contributed by atoms with van der Waals surface area (Å²) in [7, 11) is 0. The predicted molar refractivity (Wildman–Crippen MR) is 81.2 cm³/mol. The Kier molecular flexibility index (Phi) is 7.15. The van der Waals surface area contributed by atoms with Crippen LogP contribution in [0, 0.1) is 0 Å². The molecule has 0 aliphatic carbocycles. The molecule has 0 bridgehead atoms. The smallest absolute Gasteiger partial charge is 0.0544 e. The average Bonchev–Trinajstić information content (AvgIpc) is 2.85. The molecular weight excluding hydrogens is 314 g/mol. The summed E-state index contributed by atoms with van der Waals surface area (Å²) in [6, 6.07) is 4.86. The third-order valence-corrected chi connectivity index (χ3v) is 3.68. The summed E-state index contributed by atoms with van der Waals surface area (Å²) in [5, 5.41) is 3.44. The van der Waals surface area contributed by atoms with Gasteiger partial charge >= 0.3 is 0 Å². The van der Waals surface area contributed by atoms with Crippen molar-refractivity contribution in [2.24, 2.45) is 0 Å². The molecule has 1 atom stereocenters. The quantitative estimate of drug-likeness (QED) is 0.897. The van der Waals surface area contributed by atoms with Gasteiger partial charge in [0, 0.05) is 29.8 Å². The van der Waals surface area contributed by atoms with Crippen molar-refractivity contribution in [1.29, 1.82) is 0 Å². The molecule has 0 saturated carbocycles. The van der Waals surface area contributed by atoms with Crippen LogP contribution in [-0.4, -0.2) is 35.6 Å². The summed E-state index contributed by atoms with van der Waals surface area (Å²) in [5.41, 5.74) is 1.16. The second kappa shape index (κ2) is 8.10. The Morgan fingerprint density at radius 2 is 2.33 bits per heavy atom. The lowest BCUT2D eigenvalue weighted by atomic mass is 10.2. The fourth-order valence-electron chi connectivity index (χ4n) is 2.34. The summed E-state index contributed by atoms with van der Waals surface area (Å²) < 4.78 is 1.05. The van der Waals surface area contributed by atoms with Gasteiger partial charge in [0.2, 0.25) is 0 Å². The van der Waals surface area contributed by atoms with Crippen molar-refractivity contribution in [3.05, 3.63) is 28.5 Å². The van der Waals surface area contributed by atoms with Gasteiger partial charge in [-0.15, -0.1) is 12.4 Å². The molecular formula is C13H21BrClN3. The van der Waals surface area contributed by atoms with Crippen LogP contribution in [0.2, 0.25) is 0 Å². The Hall–Kier alpha value is -0.160. The van der Waals surface area contributed by atoms with Crippen LogP contribution in [0.5, 0.6) is 0 Å². The minimum absolute atomic E-state index is 0. The first-order valence-corrected chi connectivity index (χ1v) is 7.14. The highest BCUT2D eigenvalue weighted by atomic mass is 79.9. The van der Waals surface area contributed by atoms with Crippen molar-refractivity contribution >= 4 is 28.3 Å². The number of pyridine rings is 1. The molecule has 3 nitrogen and oxygen atoms in total. The number of hydrogen-bond donors (Lipinski definition) is 1. The molecule has 1 aliphatic rings. The molecule has 0 radical (unpaired) electrons. The molecule has 0 aromatic carbocycles. The van der Waals surface area contributed by atoms with Gasteiger partial charge in [-0.25, -0.2) is 0 Å². The molecule has 102 valence electrons. The molecule has 1 aromatic rings. The van der Waals surface area contributed by atoms with Crippen molar-refractivity contribution < 1.29 is 0 Å². The zero-order valence-electron chi connectivity index (χ0n) is 10.7. The zero-order valence-corrected chi connectivity index (χ0v) is 13.1. The van der Waals surface area contributed by atoms with E-state index in [0.29, 0.717) is 6.04 Å². The predicted octanol–water partition coefficient (Wildman–Crippen LogP) is 2.84. The number of hydrogen-bond acceptors (Lipinski definition) is 3. The third kappa shape index (κ3) is 4.50. The van der Waals surface area contributed by atoms with E-state index in [1.165, 1.54) is 12.8 Å². The van der Waals surface area contributed by atoms with Crippen molar-refractivity contribution in [3.63, 3.8) is 0 Å². The maximum Gasteiger partial charge on any atom is 0.0544 e. The lowest BCUT2D eigenvalue weighted by Gasteiger charge is -2.27. The first-order valence-electron chi connectivity index (χ1n) is 6.35. The van der Waals surface area contributed by atoms with E-state index >= 15 is 0 Å². The molecule has 18 heavy (non-hydrogen) atoms. The van der Waals surface area contributed by atoms with E-state index in [1.807, 2.05) is 6.20 Å². The monoisotopic (exact) mass is 333 g/mol. The molecule has 1 fully saturated rings. The minimum atomic E-state index is 0. The highest BCUT2D eigenvalue weighted by molar-refractivity contribution is 9.10. The molecule has 2 rings (SSSR count). The fraction of sp³-hybridized carbons (Fsp3) is 0.615. The Morgan fingerprint density at radius 1 is 1.50 bits per heavy atom. The SMILES string of the molecule is CCCN(Cc1ccc(Br)cn1)C1CCNC1.Cl. The topological polar surface area (TPSA) is 28.2 Å². The minimum Gasteiger partial charge on any atom is -0.315 e. The number of nitrogens with one attached hydrogen (secondary N) is 1. The molecule has 1 N–H and O–H groups in total. The van der Waals surface area contributed by atoms with Crippen LogP contribution in [0.3, 0.4) is 0 Å². The fourth-order valence-corrected chi connectivity index (χ4v) is 2.57. The lowest BCUT2D eigenvalue weighted by Crippen LogP contribution is -2.37. The summed E-state index contributed by atoms with van der Waals surface area (Å²) in [4.78, 5) is 7.01. The van der Waals surface area contributed by atoms with Crippen LogP contribution in [0.15, 0.2) is 22.8 Å². The third-order valence-electron chi connectivity index (χ3n) is 3.22. The van der Waals surface area contributed by atoms with Gasteiger partial charge in [0.25, 0.3) is 0 Å². The van der Waals surface area contributed by atoms with Crippen LogP contribution in [-0.2, 0) is 6.54 Å². The molecule has 0 amide bonds. The molecule has 0 spiro atoms. The maximum absolute atomic E-state index is 4.46. The lowest BCUT2D eigenvalue weighted by molar-refractivity contribution is 0.197. The first-order chi connectivity index (χ1) is 8.29. The Bertz CT molecular complexity index is 339. The van der Waals surface area contributed by atoms with Crippen LogP contribution in [0.1, 0.15) is 25.5 Å². The number of aromatic nitrogens is 1. The van der Waals surface area contributed by atoms with E-state index in [9.17, 15) is 0 Å². The number of nitrogens with zero attached hydrogens (tertiary/aromatic N) is 2. The van der Waals surface area contributed by atoms with E-state index in [-0.39, 0.29) is 12.4 Å². The number of rotatable bonds is 5. The Balaban J connectivity index is 0.00000162.